The zero-order valence-corrected chi connectivity index (χ0v) is 12.7. The zero-order valence-electron chi connectivity index (χ0n) is 11.1. The molecule has 0 amide bonds. The van der Waals surface area contributed by atoms with Gasteiger partial charge in [0, 0.05) is 18.7 Å². The highest BCUT2D eigenvalue weighted by molar-refractivity contribution is 9.10. The summed E-state index contributed by atoms with van der Waals surface area (Å²) in [4.78, 5) is 13.0. The number of benzene rings is 1. The van der Waals surface area contributed by atoms with Gasteiger partial charge in [-0.05, 0) is 53.9 Å². The molecule has 0 radical (unpaired) electrons. The first-order valence-electron chi connectivity index (χ1n) is 6.75. The number of hydrogen-bond acceptors (Lipinski definition) is 3. The molecule has 0 bridgehead atoms. The molecular formula is C14H19BrN2O2. The molecule has 2 rings (SSSR count). The summed E-state index contributed by atoms with van der Waals surface area (Å²) in [6.45, 7) is 4.14. The Morgan fingerprint density at radius 1 is 1.42 bits per heavy atom. The van der Waals surface area contributed by atoms with E-state index < -0.39 is 0 Å². The maximum atomic E-state index is 10.9. The fourth-order valence-electron chi connectivity index (χ4n) is 2.60. The van der Waals surface area contributed by atoms with Crippen LogP contribution in [0.4, 0.5) is 5.69 Å². The van der Waals surface area contributed by atoms with Crippen LogP contribution in [-0.4, -0.2) is 22.4 Å². The number of rotatable bonds is 3. The molecule has 1 fully saturated rings. The lowest BCUT2D eigenvalue weighted by atomic mass is 10.1. The number of hydrogen-bond donors (Lipinski definition) is 0. The normalized spacial score (nSPS) is 21.1. The van der Waals surface area contributed by atoms with Gasteiger partial charge in [-0.1, -0.05) is 18.9 Å². The Hall–Kier alpha value is -0.940. The molecule has 1 aromatic rings. The van der Waals surface area contributed by atoms with Gasteiger partial charge in [-0.3, -0.25) is 15.0 Å². The second kappa shape index (κ2) is 6.48. The van der Waals surface area contributed by atoms with Crippen LogP contribution < -0.4 is 0 Å². The second-order valence-corrected chi connectivity index (χ2v) is 6.07. The van der Waals surface area contributed by atoms with E-state index in [2.05, 4.69) is 27.8 Å². The van der Waals surface area contributed by atoms with Crippen molar-refractivity contribution in [2.24, 2.45) is 0 Å². The van der Waals surface area contributed by atoms with Crippen molar-refractivity contribution in [2.75, 3.05) is 6.54 Å². The third-order valence-corrected chi connectivity index (χ3v) is 4.45. The molecule has 4 nitrogen and oxygen atoms in total. The lowest BCUT2D eigenvalue weighted by Crippen LogP contribution is -2.31. The predicted octanol–water partition coefficient (Wildman–Crippen LogP) is 4.12. The molecular weight excluding hydrogens is 308 g/mol. The lowest BCUT2D eigenvalue weighted by Gasteiger charge is -2.26. The highest BCUT2D eigenvalue weighted by Crippen LogP contribution is 2.27. The molecule has 0 saturated carbocycles. The molecule has 0 spiro atoms. The fraction of sp³-hybridized carbons (Fsp3) is 0.571. The van der Waals surface area contributed by atoms with Gasteiger partial charge < -0.3 is 0 Å². The average Bonchev–Trinajstić information content (AvgIpc) is 2.57. The van der Waals surface area contributed by atoms with E-state index >= 15 is 0 Å². The molecule has 1 atom stereocenters. The van der Waals surface area contributed by atoms with E-state index in [4.69, 9.17) is 0 Å². The van der Waals surface area contributed by atoms with E-state index in [-0.39, 0.29) is 10.6 Å². The van der Waals surface area contributed by atoms with Crippen LogP contribution in [0.2, 0.25) is 0 Å². The van der Waals surface area contributed by atoms with Crippen molar-refractivity contribution in [1.29, 1.82) is 0 Å². The van der Waals surface area contributed by atoms with Crippen LogP contribution in [0, 0.1) is 10.1 Å². The second-order valence-electron chi connectivity index (χ2n) is 5.21. The number of halogens is 1. The molecule has 1 aromatic carbocycles. The first-order chi connectivity index (χ1) is 9.08. The van der Waals surface area contributed by atoms with Crippen LogP contribution in [0.25, 0.3) is 0 Å². The van der Waals surface area contributed by atoms with Crippen LogP contribution >= 0.6 is 15.9 Å². The largest absolute Gasteiger partial charge is 0.296 e. The summed E-state index contributed by atoms with van der Waals surface area (Å²) in [5.41, 5.74) is 1.17. The number of nitro benzene ring substituents is 1. The van der Waals surface area contributed by atoms with E-state index in [0.29, 0.717) is 10.5 Å². The molecule has 104 valence electrons. The summed E-state index contributed by atoms with van der Waals surface area (Å²) >= 11 is 3.23. The van der Waals surface area contributed by atoms with E-state index in [1.165, 1.54) is 25.7 Å². The number of nitrogens with zero attached hydrogens (tertiary/aromatic N) is 2. The van der Waals surface area contributed by atoms with Gasteiger partial charge in [-0.15, -0.1) is 0 Å². The monoisotopic (exact) mass is 326 g/mol. The van der Waals surface area contributed by atoms with E-state index in [0.717, 1.165) is 18.7 Å². The molecule has 1 saturated heterocycles. The summed E-state index contributed by atoms with van der Waals surface area (Å²) in [7, 11) is 0. The van der Waals surface area contributed by atoms with E-state index in [1.807, 2.05) is 6.07 Å². The van der Waals surface area contributed by atoms with Crippen molar-refractivity contribution in [3.05, 3.63) is 38.3 Å². The van der Waals surface area contributed by atoms with Crippen LogP contribution in [0.15, 0.2) is 22.7 Å². The van der Waals surface area contributed by atoms with Gasteiger partial charge in [0.2, 0.25) is 0 Å². The minimum absolute atomic E-state index is 0.153. The van der Waals surface area contributed by atoms with Gasteiger partial charge in [-0.2, -0.15) is 0 Å². The SMILES string of the molecule is CC1CCCCCN1Cc1ccc(Br)c([N+](=O)[O-])c1. The summed E-state index contributed by atoms with van der Waals surface area (Å²) in [5.74, 6) is 0. The Labute approximate surface area is 122 Å². The van der Waals surface area contributed by atoms with Gasteiger partial charge in [0.15, 0.2) is 0 Å². The summed E-state index contributed by atoms with van der Waals surface area (Å²) in [6, 6.07) is 5.98. The topological polar surface area (TPSA) is 46.4 Å². The van der Waals surface area contributed by atoms with Gasteiger partial charge >= 0.3 is 0 Å². The zero-order chi connectivity index (χ0) is 13.8. The quantitative estimate of drug-likeness (QED) is 0.620. The molecule has 1 unspecified atom stereocenters. The van der Waals surface area contributed by atoms with Gasteiger partial charge in [-0.25, -0.2) is 0 Å². The first kappa shape index (κ1) is 14.5. The summed E-state index contributed by atoms with van der Waals surface area (Å²) in [5, 5.41) is 10.9. The van der Waals surface area contributed by atoms with Gasteiger partial charge in [0.1, 0.15) is 0 Å². The van der Waals surface area contributed by atoms with Crippen molar-refractivity contribution in [1.82, 2.24) is 4.90 Å². The lowest BCUT2D eigenvalue weighted by molar-refractivity contribution is -0.385. The molecule has 5 heteroatoms. The molecule has 1 aliphatic rings. The highest BCUT2D eigenvalue weighted by Gasteiger charge is 2.19. The predicted molar refractivity (Wildman–Crippen MR) is 79.1 cm³/mol. The van der Waals surface area contributed by atoms with Gasteiger partial charge in [0.05, 0.1) is 9.40 Å². The van der Waals surface area contributed by atoms with Crippen molar-refractivity contribution in [2.45, 2.75) is 45.2 Å². The highest BCUT2D eigenvalue weighted by atomic mass is 79.9. The van der Waals surface area contributed by atoms with Crippen molar-refractivity contribution >= 4 is 21.6 Å². The number of nitro groups is 1. The van der Waals surface area contributed by atoms with Gasteiger partial charge in [0.25, 0.3) is 5.69 Å². The van der Waals surface area contributed by atoms with Crippen molar-refractivity contribution in [3.63, 3.8) is 0 Å². The Balaban J connectivity index is 2.13. The Bertz CT molecular complexity index is 465. The summed E-state index contributed by atoms with van der Waals surface area (Å²) in [6.07, 6.45) is 5.03. The van der Waals surface area contributed by atoms with Crippen LogP contribution in [-0.2, 0) is 6.54 Å². The Morgan fingerprint density at radius 3 is 2.95 bits per heavy atom. The molecule has 1 aliphatic heterocycles. The third kappa shape index (κ3) is 3.76. The first-order valence-corrected chi connectivity index (χ1v) is 7.54. The maximum Gasteiger partial charge on any atom is 0.283 e. The number of likely N-dealkylation sites (tertiary alicyclic amines) is 1. The molecule has 0 aromatic heterocycles. The van der Waals surface area contributed by atoms with Crippen LogP contribution in [0.1, 0.15) is 38.2 Å². The van der Waals surface area contributed by atoms with E-state index in [9.17, 15) is 10.1 Å². The molecule has 0 aliphatic carbocycles. The fourth-order valence-corrected chi connectivity index (χ4v) is 2.99. The molecule has 0 N–H and O–H groups in total. The smallest absolute Gasteiger partial charge is 0.283 e. The average molecular weight is 327 g/mol. The molecule has 1 heterocycles. The van der Waals surface area contributed by atoms with Crippen molar-refractivity contribution in [3.8, 4) is 0 Å². The Kier molecular flexibility index (Phi) is 4.93. The van der Waals surface area contributed by atoms with Crippen molar-refractivity contribution < 1.29 is 4.92 Å². The summed E-state index contributed by atoms with van der Waals surface area (Å²) < 4.78 is 0.546. The third-order valence-electron chi connectivity index (χ3n) is 3.78. The van der Waals surface area contributed by atoms with E-state index in [1.54, 1.807) is 12.1 Å². The standard InChI is InChI=1S/C14H19BrN2O2/c1-11-5-3-2-4-8-16(11)10-12-6-7-13(15)14(9-12)17(18)19/h6-7,9,11H,2-5,8,10H2,1H3. The van der Waals surface area contributed by atoms with Crippen LogP contribution in [0.3, 0.4) is 0 Å². The maximum absolute atomic E-state index is 10.9. The molecule has 19 heavy (non-hydrogen) atoms. The minimum Gasteiger partial charge on any atom is -0.296 e. The minimum atomic E-state index is -0.334. The van der Waals surface area contributed by atoms with Crippen LogP contribution in [0.5, 0.6) is 0 Å². The Morgan fingerprint density at radius 2 is 2.21 bits per heavy atom.